The molecule has 132 valence electrons. The van der Waals surface area contributed by atoms with E-state index in [0.717, 1.165) is 19.3 Å². The molecule has 0 saturated heterocycles. The van der Waals surface area contributed by atoms with Gasteiger partial charge in [-0.3, -0.25) is 0 Å². The minimum absolute atomic E-state index is 0. The molecule has 0 rings (SSSR count). The maximum absolute atomic E-state index is 10.3. The molecular formula is C12H30AlO6P3. The van der Waals surface area contributed by atoms with E-state index in [9.17, 15) is 28.4 Å². The molecule has 0 radical (unpaired) electrons. The first-order chi connectivity index (χ1) is 9.18. The van der Waals surface area contributed by atoms with E-state index in [-0.39, 0.29) is 17.4 Å². The molecule has 3 unspecified atom stereocenters. The van der Waals surface area contributed by atoms with Gasteiger partial charge in [0, 0.05) is 22.1 Å². The van der Waals surface area contributed by atoms with Crippen molar-refractivity contribution in [1.82, 2.24) is 0 Å². The van der Waals surface area contributed by atoms with Gasteiger partial charge in [0.25, 0.3) is 0 Å². The van der Waals surface area contributed by atoms with Gasteiger partial charge < -0.3 is 28.4 Å². The molecule has 0 fully saturated rings. The molecule has 6 nitrogen and oxygen atoms in total. The van der Waals surface area contributed by atoms with Crippen molar-refractivity contribution in [3.8, 4) is 0 Å². The van der Waals surface area contributed by atoms with Crippen LogP contribution in [0.15, 0.2) is 0 Å². The standard InChI is InChI=1S/3C4H11O2P.Al/c3*1-3-4-7(2,5)6;/h3*3-4H2,1-2H3,(H,5,6);/q;;;+3/p-3. The summed E-state index contributed by atoms with van der Waals surface area (Å²) in [5.74, 6) is 0. The second kappa shape index (κ2) is 15.6. The molecule has 22 heavy (non-hydrogen) atoms. The van der Waals surface area contributed by atoms with E-state index in [4.69, 9.17) is 0 Å². The van der Waals surface area contributed by atoms with Gasteiger partial charge in [0.05, 0.1) is 0 Å². The molecule has 0 aromatic heterocycles. The Morgan fingerprint density at radius 1 is 0.591 bits per heavy atom. The largest absolute Gasteiger partial charge is 3.00 e. The molecule has 0 aliphatic rings. The van der Waals surface area contributed by atoms with Crippen molar-refractivity contribution in [3.05, 3.63) is 0 Å². The van der Waals surface area contributed by atoms with E-state index >= 15 is 0 Å². The van der Waals surface area contributed by atoms with Crippen LogP contribution in [0.4, 0.5) is 0 Å². The molecule has 0 aliphatic heterocycles. The van der Waals surface area contributed by atoms with E-state index in [1.165, 1.54) is 20.0 Å². The van der Waals surface area contributed by atoms with Gasteiger partial charge in [0.1, 0.15) is 0 Å². The summed E-state index contributed by atoms with van der Waals surface area (Å²) in [4.78, 5) is 30.8. The van der Waals surface area contributed by atoms with Crippen LogP contribution in [0.3, 0.4) is 0 Å². The van der Waals surface area contributed by atoms with Crippen LogP contribution in [0.1, 0.15) is 40.0 Å². The van der Waals surface area contributed by atoms with Crippen molar-refractivity contribution < 1.29 is 28.4 Å². The minimum atomic E-state index is -2.92. The fourth-order valence-electron chi connectivity index (χ4n) is 1.22. The quantitative estimate of drug-likeness (QED) is 0.502. The van der Waals surface area contributed by atoms with Crippen LogP contribution in [0.5, 0.6) is 0 Å². The summed E-state index contributed by atoms with van der Waals surface area (Å²) >= 11 is 0. The molecule has 0 bridgehead atoms. The van der Waals surface area contributed by atoms with Crippen molar-refractivity contribution in [2.45, 2.75) is 40.0 Å². The number of rotatable bonds is 6. The van der Waals surface area contributed by atoms with Crippen LogP contribution in [-0.4, -0.2) is 55.8 Å². The Morgan fingerprint density at radius 2 is 0.727 bits per heavy atom. The first kappa shape index (κ1) is 30.9. The molecule has 0 aliphatic carbocycles. The van der Waals surface area contributed by atoms with E-state index in [0.29, 0.717) is 18.5 Å². The maximum atomic E-state index is 10.3. The average molecular weight is 390 g/mol. The Balaban J connectivity index is -0.000000108. The van der Waals surface area contributed by atoms with Crippen LogP contribution < -0.4 is 14.7 Å². The van der Waals surface area contributed by atoms with Crippen molar-refractivity contribution in [2.75, 3.05) is 38.5 Å². The second-order valence-electron chi connectivity index (χ2n) is 5.21. The first-order valence-electron chi connectivity index (χ1n) is 7.01. The van der Waals surface area contributed by atoms with Gasteiger partial charge in [-0.1, -0.05) is 40.0 Å². The summed E-state index contributed by atoms with van der Waals surface area (Å²) < 4.78 is 30.8. The number of hydrogen-bond donors (Lipinski definition) is 0. The van der Waals surface area contributed by atoms with Gasteiger partial charge in [-0.15, -0.1) is 0 Å². The van der Waals surface area contributed by atoms with Gasteiger partial charge >= 0.3 is 17.4 Å². The monoisotopic (exact) mass is 390 g/mol. The third-order valence-electron chi connectivity index (χ3n) is 1.89. The Morgan fingerprint density at radius 3 is 0.727 bits per heavy atom. The minimum Gasteiger partial charge on any atom is -0.799 e. The fourth-order valence-corrected chi connectivity index (χ4v) is 3.66. The molecule has 0 amide bonds. The molecule has 0 heterocycles. The molecule has 0 aromatic carbocycles. The van der Waals surface area contributed by atoms with Crippen LogP contribution in [-0.2, 0) is 13.7 Å². The van der Waals surface area contributed by atoms with E-state index in [1.54, 1.807) is 0 Å². The predicted molar refractivity (Wildman–Crippen MR) is 91.8 cm³/mol. The molecule has 0 saturated carbocycles. The van der Waals surface area contributed by atoms with Crippen LogP contribution >= 0.6 is 22.1 Å². The molecule has 0 aromatic rings. The van der Waals surface area contributed by atoms with Crippen molar-refractivity contribution in [1.29, 1.82) is 0 Å². The molecule has 3 atom stereocenters. The zero-order valence-electron chi connectivity index (χ0n) is 14.6. The maximum Gasteiger partial charge on any atom is 3.00 e. The second-order valence-corrected chi connectivity index (χ2v) is 12.6. The third-order valence-corrected chi connectivity index (χ3v) is 5.67. The van der Waals surface area contributed by atoms with Gasteiger partial charge in [0.15, 0.2) is 0 Å². The van der Waals surface area contributed by atoms with E-state index in [2.05, 4.69) is 0 Å². The Labute approximate surface area is 146 Å². The van der Waals surface area contributed by atoms with Crippen molar-refractivity contribution >= 4 is 39.5 Å². The summed E-state index contributed by atoms with van der Waals surface area (Å²) in [7, 11) is -8.75. The van der Waals surface area contributed by atoms with Crippen molar-refractivity contribution in [3.63, 3.8) is 0 Å². The fraction of sp³-hybridized carbons (Fsp3) is 1.00. The molecule has 0 N–H and O–H groups in total. The topological polar surface area (TPSA) is 120 Å². The molecule has 10 heteroatoms. The van der Waals surface area contributed by atoms with E-state index in [1.807, 2.05) is 20.8 Å². The van der Waals surface area contributed by atoms with Crippen LogP contribution in [0.2, 0.25) is 0 Å². The Bertz CT molecular complexity index is 314. The third kappa shape index (κ3) is 49.7. The van der Waals surface area contributed by atoms with Crippen molar-refractivity contribution in [2.24, 2.45) is 0 Å². The van der Waals surface area contributed by atoms with E-state index < -0.39 is 22.1 Å². The SMILES string of the molecule is CCCP(C)(=O)[O-].CCCP(C)(=O)[O-].CCCP(C)(=O)[O-].[Al+3]. The first-order valence-corrected chi connectivity index (χ1v) is 13.8. The van der Waals surface area contributed by atoms with Gasteiger partial charge in [-0.25, -0.2) is 0 Å². The summed E-state index contributed by atoms with van der Waals surface area (Å²) in [5.41, 5.74) is 0. The average Bonchev–Trinajstić information content (AvgIpc) is 2.12. The summed E-state index contributed by atoms with van der Waals surface area (Å²) in [6.07, 6.45) is 3.22. The normalized spacial score (nSPS) is 17.9. The van der Waals surface area contributed by atoms with Gasteiger partial charge in [0.2, 0.25) is 0 Å². The Hall–Kier alpha value is 1.10. The summed E-state index contributed by atoms with van der Waals surface area (Å²) in [5, 5.41) is 0. The van der Waals surface area contributed by atoms with Gasteiger partial charge in [-0.05, 0) is 38.5 Å². The zero-order valence-corrected chi connectivity index (χ0v) is 18.4. The predicted octanol–water partition coefficient (Wildman–Crippen LogP) is 1.61. The van der Waals surface area contributed by atoms with Gasteiger partial charge in [-0.2, -0.15) is 0 Å². The summed E-state index contributed by atoms with van der Waals surface area (Å²) in [6, 6.07) is 0. The number of hydrogen-bond acceptors (Lipinski definition) is 6. The smallest absolute Gasteiger partial charge is 0.799 e. The Kier molecular flexibility index (Phi) is 22.0. The van der Waals surface area contributed by atoms with Crippen LogP contribution in [0.25, 0.3) is 0 Å². The zero-order chi connectivity index (χ0) is 17.7. The summed E-state index contributed by atoms with van der Waals surface area (Å²) in [6.45, 7) is 9.39. The molecular weight excluding hydrogens is 360 g/mol. The van der Waals surface area contributed by atoms with Crippen LogP contribution in [0, 0.1) is 0 Å². The molecule has 0 spiro atoms.